The predicted molar refractivity (Wildman–Crippen MR) is 51.8 cm³/mol. The molecular formula is C7H5Cl3Si. The van der Waals surface area contributed by atoms with Gasteiger partial charge in [0, 0.05) is 0 Å². The fourth-order valence-corrected chi connectivity index (χ4v) is 2.13. The van der Waals surface area contributed by atoms with Crippen LogP contribution >= 0.6 is 34.3 Å². The highest BCUT2D eigenvalue weighted by molar-refractivity contribution is 6.93. The van der Waals surface area contributed by atoms with Crippen LogP contribution in [0.15, 0.2) is 18.2 Å². The average molecular weight is 224 g/mol. The Kier molecular flexibility index (Phi) is 3.73. The molecule has 0 aliphatic rings. The third-order valence-corrected chi connectivity index (χ3v) is 3.06. The van der Waals surface area contributed by atoms with E-state index in [0.29, 0.717) is 18.9 Å². The van der Waals surface area contributed by atoms with Crippen LogP contribution in [-0.2, 0) is 6.04 Å². The Morgan fingerprint density at radius 2 is 2.00 bits per heavy atom. The summed E-state index contributed by atoms with van der Waals surface area (Å²) < 4.78 is 0. The van der Waals surface area contributed by atoms with E-state index in [4.69, 9.17) is 34.3 Å². The van der Waals surface area contributed by atoms with Crippen LogP contribution in [0.5, 0.6) is 0 Å². The Labute approximate surface area is 83.0 Å². The molecule has 1 rings (SSSR count). The third-order valence-electron chi connectivity index (χ3n) is 1.29. The van der Waals surface area contributed by atoms with E-state index < -0.39 is 0 Å². The highest BCUT2D eigenvalue weighted by atomic mass is 35.6. The Bertz CT molecular complexity index is 249. The molecule has 1 aromatic carbocycles. The summed E-state index contributed by atoms with van der Waals surface area (Å²) in [5.74, 6) is 0. The first-order valence-corrected chi connectivity index (χ1v) is 5.99. The van der Waals surface area contributed by atoms with Crippen LogP contribution in [0.3, 0.4) is 0 Å². The van der Waals surface area contributed by atoms with Crippen molar-refractivity contribution in [1.29, 1.82) is 0 Å². The second kappa shape index (κ2) is 4.36. The average Bonchev–Trinajstić information content (AvgIpc) is 1.99. The standard InChI is InChI=1S/C7H5Cl3Si/c8-6-3-1-2-5(4-11-10)7(6)9/h1-3H,4H2. The molecule has 0 heterocycles. The molecule has 0 aliphatic carbocycles. The number of benzene rings is 1. The summed E-state index contributed by atoms with van der Waals surface area (Å²) in [5.41, 5.74) is 1.02. The molecule has 0 N–H and O–H groups in total. The maximum absolute atomic E-state index is 5.89. The van der Waals surface area contributed by atoms with Crippen molar-refractivity contribution < 1.29 is 0 Å². The highest BCUT2D eigenvalue weighted by Crippen LogP contribution is 2.25. The second-order valence-electron chi connectivity index (χ2n) is 2.02. The SMILES string of the molecule is Cl[Si]Cc1cccc(Cl)c1Cl. The number of halogens is 3. The van der Waals surface area contributed by atoms with E-state index in [1.807, 2.05) is 12.1 Å². The van der Waals surface area contributed by atoms with Gasteiger partial charge in [0.15, 0.2) is 8.83 Å². The van der Waals surface area contributed by atoms with Crippen molar-refractivity contribution in [1.82, 2.24) is 0 Å². The summed E-state index contributed by atoms with van der Waals surface area (Å²) in [5, 5.41) is 1.22. The molecule has 0 spiro atoms. The maximum atomic E-state index is 5.89. The Morgan fingerprint density at radius 3 is 2.64 bits per heavy atom. The van der Waals surface area contributed by atoms with Gasteiger partial charge in [-0.1, -0.05) is 35.3 Å². The van der Waals surface area contributed by atoms with Gasteiger partial charge in [0.25, 0.3) is 0 Å². The maximum Gasteiger partial charge on any atom is 0.176 e. The molecule has 0 aliphatic heterocycles. The molecule has 0 atom stereocenters. The lowest BCUT2D eigenvalue weighted by Crippen LogP contribution is -1.90. The van der Waals surface area contributed by atoms with E-state index in [0.717, 1.165) is 11.6 Å². The molecule has 1 aromatic rings. The Hall–Kier alpha value is 0.307. The highest BCUT2D eigenvalue weighted by Gasteiger charge is 2.02. The van der Waals surface area contributed by atoms with Crippen molar-refractivity contribution in [3.63, 3.8) is 0 Å². The smallest absolute Gasteiger partial charge is 0.171 e. The molecule has 0 nitrogen and oxygen atoms in total. The molecule has 0 amide bonds. The fourth-order valence-electron chi connectivity index (χ4n) is 0.757. The lowest BCUT2D eigenvalue weighted by atomic mass is 10.2. The van der Waals surface area contributed by atoms with Crippen LogP contribution in [0.25, 0.3) is 0 Å². The lowest BCUT2D eigenvalue weighted by Gasteiger charge is -2.01. The van der Waals surface area contributed by atoms with Gasteiger partial charge in [-0.2, -0.15) is 11.1 Å². The van der Waals surface area contributed by atoms with Gasteiger partial charge in [0.05, 0.1) is 10.0 Å². The third kappa shape index (κ3) is 2.37. The number of hydrogen-bond acceptors (Lipinski definition) is 0. The van der Waals surface area contributed by atoms with E-state index in [1.54, 1.807) is 6.07 Å². The molecule has 4 heteroatoms. The predicted octanol–water partition coefficient (Wildman–Crippen LogP) is 3.35. The minimum absolute atomic E-state index is 0.357. The van der Waals surface area contributed by atoms with E-state index in [-0.39, 0.29) is 0 Å². The Balaban J connectivity index is 2.96. The molecule has 0 saturated heterocycles. The van der Waals surface area contributed by atoms with Gasteiger partial charge in [0.2, 0.25) is 0 Å². The van der Waals surface area contributed by atoms with E-state index in [9.17, 15) is 0 Å². The number of hydrogen-bond donors (Lipinski definition) is 0. The molecule has 0 bridgehead atoms. The molecule has 11 heavy (non-hydrogen) atoms. The first-order valence-electron chi connectivity index (χ1n) is 3.02. The summed E-state index contributed by atoms with van der Waals surface area (Å²) in [6.45, 7) is 0. The second-order valence-corrected chi connectivity index (χ2v) is 4.23. The minimum atomic E-state index is 0.357. The molecule has 0 aromatic heterocycles. The summed E-state index contributed by atoms with van der Waals surface area (Å²) in [6.07, 6.45) is 0. The van der Waals surface area contributed by atoms with Crippen LogP contribution in [0.2, 0.25) is 10.0 Å². The first-order chi connectivity index (χ1) is 5.25. The van der Waals surface area contributed by atoms with E-state index in [1.165, 1.54) is 0 Å². The van der Waals surface area contributed by atoms with E-state index >= 15 is 0 Å². The molecule has 0 fully saturated rings. The van der Waals surface area contributed by atoms with Gasteiger partial charge in [-0.25, -0.2) is 0 Å². The van der Waals surface area contributed by atoms with Gasteiger partial charge in [-0.15, -0.1) is 0 Å². The molecule has 58 valence electrons. The summed E-state index contributed by atoms with van der Waals surface area (Å²) in [7, 11) is 0.357. The van der Waals surface area contributed by atoms with Crippen molar-refractivity contribution in [2.75, 3.05) is 0 Å². The van der Waals surface area contributed by atoms with Crippen molar-refractivity contribution in [3.05, 3.63) is 33.8 Å². The topological polar surface area (TPSA) is 0 Å². The fraction of sp³-hybridized carbons (Fsp3) is 0.143. The monoisotopic (exact) mass is 222 g/mol. The van der Waals surface area contributed by atoms with Gasteiger partial charge in [0.1, 0.15) is 0 Å². The van der Waals surface area contributed by atoms with Crippen molar-refractivity contribution >= 4 is 43.1 Å². The first kappa shape index (κ1) is 9.40. The zero-order valence-corrected chi connectivity index (χ0v) is 8.84. The quantitative estimate of drug-likeness (QED) is 0.533. The summed E-state index contributed by atoms with van der Waals surface area (Å²) >= 11 is 17.2. The van der Waals surface area contributed by atoms with Crippen molar-refractivity contribution in [3.8, 4) is 0 Å². The van der Waals surface area contributed by atoms with Crippen LogP contribution in [-0.4, -0.2) is 8.83 Å². The van der Waals surface area contributed by atoms with Gasteiger partial charge < -0.3 is 0 Å². The van der Waals surface area contributed by atoms with Crippen LogP contribution in [0.1, 0.15) is 5.56 Å². The normalized spacial score (nSPS) is 10.1. The molecular weight excluding hydrogens is 219 g/mol. The van der Waals surface area contributed by atoms with Crippen LogP contribution in [0.4, 0.5) is 0 Å². The van der Waals surface area contributed by atoms with Crippen LogP contribution in [0, 0.1) is 0 Å². The van der Waals surface area contributed by atoms with Crippen molar-refractivity contribution in [2.24, 2.45) is 0 Å². The molecule has 0 saturated carbocycles. The number of rotatable bonds is 2. The van der Waals surface area contributed by atoms with Gasteiger partial charge >= 0.3 is 0 Å². The minimum Gasteiger partial charge on any atom is -0.171 e. The van der Waals surface area contributed by atoms with Crippen LogP contribution < -0.4 is 0 Å². The zero-order valence-electron chi connectivity index (χ0n) is 5.57. The molecule has 0 unspecified atom stereocenters. The summed E-state index contributed by atoms with van der Waals surface area (Å²) in [6, 6.07) is 6.37. The summed E-state index contributed by atoms with van der Waals surface area (Å²) in [4.78, 5) is 0. The zero-order chi connectivity index (χ0) is 8.27. The lowest BCUT2D eigenvalue weighted by molar-refractivity contribution is 1.40. The molecule has 2 radical (unpaired) electrons. The van der Waals surface area contributed by atoms with E-state index in [2.05, 4.69) is 0 Å². The van der Waals surface area contributed by atoms with Gasteiger partial charge in [-0.05, 0) is 17.7 Å². The largest absolute Gasteiger partial charge is 0.176 e. The van der Waals surface area contributed by atoms with Crippen molar-refractivity contribution in [2.45, 2.75) is 6.04 Å². The Morgan fingerprint density at radius 1 is 1.27 bits per heavy atom. The van der Waals surface area contributed by atoms with Gasteiger partial charge in [-0.3, -0.25) is 0 Å².